The third-order valence-electron chi connectivity index (χ3n) is 2.78. The number of aromatic nitrogens is 3. The normalized spacial score (nSPS) is 33.8. The van der Waals surface area contributed by atoms with Crippen molar-refractivity contribution in [1.29, 1.82) is 0 Å². The van der Waals surface area contributed by atoms with E-state index in [-0.39, 0.29) is 5.82 Å². The lowest BCUT2D eigenvalue weighted by molar-refractivity contribution is -0.0610. The zero-order valence-electron chi connectivity index (χ0n) is 12.4. The number of nitrogens with zero attached hydrogens (tertiary/aromatic N) is 3. The van der Waals surface area contributed by atoms with Crippen LogP contribution >= 0.6 is 0 Å². The van der Waals surface area contributed by atoms with Crippen molar-refractivity contribution in [2.75, 3.05) is 19.0 Å². The fraction of sp³-hybridized carbons (Fsp3) is 0.545. The smallest absolute Gasteiger partial charge is 0.368 e. The van der Waals surface area contributed by atoms with Gasteiger partial charge in [-0.3, -0.25) is 0 Å². The van der Waals surface area contributed by atoms with E-state index in [1.54, 1.807) is 11.8 Å². The number of hydrogen-bond acceptors (Lipinski definition) is 7. The van der Waals surface area contributed by atoms with Crippen molar-refractivity contribution >= 4 is 5.82 Å². The quantitative estimate of drug-likeness (QED) is 0.548. The van der Waals surface area contributed by atoms with Crippen molar-refractivity contribution in [3.05, 3.63) is 16.7 Å². The first-order valence-corrected chi connectivity index (χ1v) is 5.63. The van der Waals surface area contributed by atoms with E-state index in [0.717, 1.165) is 6.20 Å². The third-order valence-corrected chi connectivity index (χ3v) is 2.78. The number of halogens is 2. The van der Waals surface area contributed by atoms with Gasteiger partial charge < -0.3 is 20.7 Å². The summed E-state index contributed by atoms with van der Waals surface area (Å²) in [6.07, 6.45) is -5.60. The van der Waals surface area contributed by atoms with Gasteiger partial charge in [-0.25, -0.2) is 13.6 Å². The highest BCUT2D eigenvalue weighted by atomic mass is 19.1. The molecular formula is C11H12F2N4O4. The zero-order chi connectivity index (χ0) is 17.4. The molecule has 4 atom stereocenters. The van der Waals surface area contributed by atoms with E-state index < -0.39 is 43.0 Å². The first kappa shape index (κ1) is 12.6. The first-order chi connectivity index (χ1) is 10.6. The molecule has 4 N–H and O–H groups in total. The van der Waals surface area contributed by atoms with Gasteiger partial charge in [-0.15, -0.1) is 0 Å². The molecule has 8 nitrogen and oxygen atoms in total. The number of anilines is 1. The Kier molecular flexibility index (Phi) is 3.44. The van der Waals surface area contributed by atoms with Crippen molar-refractivity contribution in [3.8, 4) is 11.8 Å². The van der Waals surface area contributed by atoms with Gasteiger partial charge in [-0.2, -0.15) is 14.8 Å². The SMILES string of the molecule is [2H]C([2H])(O)[C@H]1O[C@@H](n2ncc(N)nc2=O)C(F)(C#CCF)[C@H]1O. The molecule has 10 heteroatoms. The summed E-state index contributed by atoms with van der Waals surface area (Å²) in [5.74, 6) is 3.22. The molecule has 1 fully saturated rings. The summed E-state index contributed by atoms with van der Waals surface area (Å²) in [5, 5.41) is 22.8. The second-order valence-corrected chi connectivity index (χ2v) is 4.09. The highest BCUT2D eigenvalue weighted by Gasteiger charge is 2.58. The molecule has 1 aliphatic heterocycles. The monoisotopic (exact) mass is 304 g/mol. The summed E-state index contributed by atoms with van der Waals surface area (Å²) in [6.45, 7) is -4.42. The van der Waals surface area contributed by atoms with Gasteiger partial charge in [0.1, 0.15) is 24.7 Å². The average molecular weight is 304 g/mol. The highest BCUT2D eigenvalue weighted by Crippen LogP contribution is 2.40. The standard InChI is InChI=1S/C11H12F2N4O4/c12-3-1-2-11(13)8(19)6(5-18)21-9(11)17-10(20)16-7(14)4-15-17/h4,6,8-9,18-19H,3,5H2,(H2,14,16,20)/t6-,8+,9-,11?/m1/s1/i5D2. The minimum absolute atomic E-state index is 0.266. The van der Waals surface area contributed by atoms with Crippen LogP contribution in [0.15, 0.2) is 11.0 Å². The van der Waals surface area contributed by atoms with Gasteiger partial charge in [0.2, 0.25) is 11.9 Å². The van der Waals surface area contributed by atoms with Crippen LogP contribution in [0.2, 0.25) is 0 Å². The molecule has 2 heterocycles. The predicted molar refractivity (Wildman–Crippen MR) is 65.3 cm³/mol. The fourth-order valence-electron chi connectivity index (χ4n) is 1.84. The molecule has 1 saturated heterocycles. The number of aliphatic hydroxyl groups excluding tert-OH is 1. The van der Waals surface area contributed by atoms with Crippen LogP contribution in [-0.4, -0.2) is 56.1 Å². The number of nitrogens with two attached hydrogens (primary N) is 1. The maximum Gasteiger partial charge on any atom is 0.368 e. The van der Waals surface area contributed by atoms with Gasteiger partial charge in [0.25, 0.3) is 0 Å². The van der Waals surface area contributed by atoms with Crippen LogP contribution in [-0.2, 0) is 4.74 Å². The minimum atomic E-state index is -3.16. The lowest BCUT2D eigenvalue weighted by Gasteiger charge is -2.22. The Morgan fingerprint density at radius 2 is 2.43 bits per heavy atom. The molecule has 2 rings (SSSR count). The predicted octanol–water partition coefficient (Wildman–Crippen LogP) is -1.85. The van der Waals surface area contributed by atoms with Crippen LogP contribution < -0.4 is 11.4 Å². The van der Waals surface area contributed by atoms with Gasteiger partial charge in [0.15, 0.2) is 0 Å². The largest absolute Gasteiger partial charge is 0.394 e. The summed E-state index contributed by atoms with van der Waals surface area (Å²) in [7, 11) is 0. The molecule has 1 aromatic rings. The van der Waals surface area contributed by atoms with E-state index >= 15 is 4.39 Å². The second-order valence-electron chi connectivity index (χ2n) is 4.09. The molecule has 0 aliphatic carbocycles. The molecule has 114 valence electrons. The van der Waals surface area contributed by atoms with Gasteiger partial charge in [-0.1, -0.05) is 11.8 Å². The van der Waals surface area contributed by atoms with E-state index in [1.807, 2.05) is 0 Å². The van der Waals surface area contributed by atoms with E-state index in [1.165, 1.54) is 0 Å². The maximum atomic E-state index is 15.1. The van der Waals surface area contributed by atoms with Crippen LogP contribution in [0.3, 0.4) is 0 Å². The maximum absolute atomic E-state index is 15.1. The molecule has 0 amide bonds. The van der Waals surface area contributed by atoms with Crippen LogP contribution in [0.1, 0.15) is 8.97 Å². The molecule has 1 aliphatic rings. The molecule has 0 spiro atoms. The number of aliphatic hydroxyl groups is 2. The Bertz CT molecular complexity index is 716. The Hall–Kier alpha value is -2.09. The molecule has 0 bridgehead atoms. The highest BCUT2D eigenvalue weighted by molar-refractivity contribution is 5.24. The van der Waals surface area contributed by atoms with Gasteiger partial charge in [-0.05, 0) is 0 Å². The Morgan fingerprint density at radius 1 is 1.71 bits per heavy atom. The summed E-state index contributed by atoms with van der Waals surface area (Å²) >= 11 is 0. The van der Waals surface area contributed by atoms with E-state index in [2.05, 4.69) is 10.1 Å². The lowest BCUT2D eigenvalue weighted by atomic mass is 9.97. The van der Waals surface area contributed by atoms with E-state index in [9.17, 15) is 19.4 Å². The van der Waals surface area contributed by atoms with Gasteiger partial charge in [0, 0.05) is 0 Å². The lowest BCUT2D eigenvalue weighted by Crippen LogP contribution is -2.45. The first-order valence-electron chi connectivity index (χ1n) is 6.63. The second kappa shape index (κ2) is 5.72. The summed E-state index contributed by atoms with van der Waals surface area (Å²) in [5.41, 5.74) is 0.978. The fourth-order valence-corrected chi connectivity index (χ4v) is 1.84. The summed E-state index contributed by atoms with van der Waals surface area (Å²) in [6, 6.07) is 0. The zero-order valence-corrected chi connectivity index (χ0v) is 10.4. The molecule has 1 aromatic heterocycles. The molecule has 0 radical (unpaired) electrons. The summed E-state index contributed by atoms with van der Waals surface area (Å²) < 4.78 is 46.8. The van der Waals surface area contributed by atoms with Crippen molar-refractivity contribution < 1.29 is 26.5 Å². The summed E-state index contributed by atoms with van der Waals surface area (Å²) in [4.78, 5) is 15.0. The molecule has 1 unspecified atom stereocenters. The molecule has 0 aromatic carbocycles. The van der Waals surface area contributed by atoms with E-state index in [0.29, 0.717) is 4.68 Å². The Balaban J connectivity index is 2.56. The van der Waals surface area contributed by atoms with Crippen LogP contribution in [0.25, 0.3) is 0 Å². The Morgan fingerprint density at radius 3 is 3.00 bits per heavy atom. The van der Waals surface area contributed by atoms with E-state index in [4.69, 9.17) is 13.2 Å². The van der Waals surface area contributed by atoms with Gasteiger partial charge >= 0.3 is 5.69 Å². The van der Waals surface area contributed by atoms with Crippen molar-refractivity contribution in [1.82, 2.24) is 14.8 Å². The van der Waals surface area contributed by atoms with Crippen molar-refractivity contribution in [2.24, 2.45) is 0 Å². The van der Waals surface area contributed by atoms with Crippen LogP contribution in [0.5, 0.6) is 0 Å². The topological polar surface area (TPSA) is 123 Å². The number of rotatable bonds is 2. The number of nitrogen functional groups attached to an aromatic ring is 1. The molecular weight excluding hydrogens is 290 g/mol. The molecule has 0 saturated carbocycles. The third kappa shape index (κ3) is 2.58. The number of alkyl halides is 2. The Labute approximate surface area is 120 Å². The van der Waals surface area contributed by atoms with Crippen molar-refractivity contribution in [2.45, 2.75) is 24.1 Å². The minimum Gasteiger partial charge on any atom is -0.394 e. The molecule has 21 heavy (non-hydrogen) atoms. The number of ether oxygens (including phenoxy) is 1. The average Bonchev–Trinajstić information content (AvgIpc) is 2.70. The van der Waals surface area contributed by atoms with Crippen LogP contribution in [0, 0.1) is 11.8 Å². The van der Waals surface area contributed by atoms with Crippen molar-refractivity contribution in [3.63, 3.8) is 0 Å². The van der Waals surface area contributed by atoms with Crippen LogP contribution in [0.4, 0.5) is 14.6 Å². The van der Waals surface area contributed by atoms with Gasteiger partial charge in [0.05, 0.1) is 15.5 Å². The number of hydrogen-bond donors (Lipinski definition) is 3.